The number of hydrogen-bond acceptors (Lipinski definition) is 1. The maximum atomic E-state index is 4.68. The highest BCUT2D eigenvalue weighted by atomic mass is 32.1. The minimum absolute atomic E-state index is 1.13. The van der Waals surface area contributed by atoms with Gasteiger partial charge in [-0.15, -0.1) is 12.6 Å². The predicted molar refractivity (Wildman–Crippen MR) is 74.9 cm³/mol. The Morgan fingerprint density at radius 2 is 1.44 bits per heavy atom. The summed E-state index contributed by atoms with van der Waals surface area (Å²) in [5, 5.41) is 2.67. The molecule has 0 aliphatic carbocycles. The van der Waals surface area contributed by atoms with E-state index in [-0.39, 0.29) is 0 Å². The number of rotatable bonds is 0. The van der Waals surface area contributed by atoms with E-state index in [0.29, 0.717) is 0 Å². The van der Waals surface area contributed by atoms with Crippen LogP contribution in [0, 0.1) is 34.6 Å². The number of thiol groups is 1. The summed E-state index contributed by atoms with van der Waals surface area (Å²) in [5.74, 6) is 0. The molecular formula is C15H18S. The van der Waals surface area contributed by atoms with Gasteiger partial charge in [0, 0.05) is 4.90 Å². The van der Waals surface area contributed by atoms with Crippen molar-refractivity contribution < 1.29 is 0 Å². The van der Waals surface area contributed by atoms with E-state index < -0.39 is 0 Å². The van der Waals surface area contributed by atoms with Crippen LogP contribution in [-0.2, 0) is 0 Å². The molecule has 0 amide bonds. The van der Waals surface area contributed by atoms with Gasteiger partial charge in [-0.1, -0.05) is 17.7 Å². The molecule has 0 spiro atoms. The lowest BCUT2D eigenvalue weighted by Gasteiger charge is -2.16. The Bertz CT molecular complexity index is 580. The van der Waals surface area contributed by atoms with E-state index in [9.17, 15) is 0 Å². The highest BCUT2D eigenvalue weighted by molar-refractivity contribution is 7.80. The van der Waals surface area contributed by atoms with Gasteiger partial charge < -0.3 is 0 Å². The maximum Gasteiger partial charge on any atom is 0.0151 e. The van der Waals surface area contributed by atoms with Gasteiger partial charge in [0.2, 0.25) is 0 Å². The molecule has 2 aromatic rings. The molecule has 16 heavy (non-hydrogen) atoms. The first-order chi connectivity index (χ1) is 7.43. The van der Waals surface area contributed by atoms with Crippen LogP contribution in [0.2, 0.25) is 0 Å². The third-order valence-corrected chi connectivity index (χ3v) is 4.17. The van der Waals surface area contributed by atoms with Crippen LogP contribution >= 0.6 is 12.6 Å². The fraction of sp³-hybridized carbons (Fsp3) is 0.333. The van der Waals surface area contributed by atoms with Crippen LogP contribution in [0.3, 0.4) is 0 Å². The van der Waals surface area contributed by atoms with Crippen LogP contribution in [0.1, 0.15) is 27.8 Å². The van der Waals surface area contributed by atoms with Crippen LogP contribution in [0.5, 0.6) is 0 Å². The van der Waals surface area contributed by atoms with Gasteiger partial charge >= 0.3 is 0 Å². The molecule has 0 atom stereocenters. The molecule has 0 bridgehead atoms. The number of benzene rings is 2. The highest BCUT2D eigenvalue weighted by Crippen LogP contribution is 2.34. The minimum atomic E-state index is 1.13. The third-order valence-electron chi connectivity index (χ3n) is 3.59. The Morgan fingerprint density at radius 1 is 0.812 bits per heavy atom. The zero-order valence-electron chi connectivity index (χ0n) is 10.6. The number of fused-ring (bicyclic) bond motifs is 1. The molecule has 84 valence electrons. The maximum absolute atomic E-state index is 4.68. The van der Waals surface area contributed by atoms with Crippen molar-refractivity contribution in [3.05, 3.63) is 39.9 Å². The van der Waals surface area contributed by atoms with Crippen LogP contribution < -0.4 is 0 Å². The zero-order chi connectivity index (χ0) is 12.0. The lowest BCUT2D eigenvalue weighted by molar-refractivity contribution is 1.22. The van der Waals surface area contributed by atoms with Crippen molar-refractivity contribution in [1.82, 2.24) is 0 Å². The highest BCUT2D eigenvalue weighted by Gasteiger charge is 2.11. The van der Waals surface area contributed by atoms with Gasteiger partial charge in [-0.2, -0.15) is 0 Å². The van der Waals surface area contributed by atoms with Gasteiger partial charge in [0.15, 0.2) is 0 Å². The van der Waals surface area contributed by atoms with Gasteiger partial charge in [-0.3, -0.25) is 0 Å². The van der Waals surface area contributed by atoms with Crippen molar-refractivity contribution >= 4 is 23.4 Å². The first kappa shape index (κ1) is 11.5. The quantitative estimate of drug-likeness (QED) is 0.625. The molecule has 0 saturated carbocycles. The van der Waals surface area contributed by atoms with Gasteiger partial charge in [0.05, 0.1) is 0 Å². The topological polar surface area (TPSA) is 0 Å². The predicted octanol–water partition coefficient (Wildman–Crippen LogP) is 4.67. The normalized spacial score (nSPS) is 11.1. The molecule has 0 aromatic heterocycles. The second-order valence-corrected chi connectivity index (χ2v) is 5.18. The molecule has 0 fully saturated rings. The van der Waals surface area contributed by atoms with E-state index in [0.717, 1.165) is 4.90 Å². The van der Waals surface area contributed by atoms with Gasteiger partial charge in [0.25, 0.3) is 0 Å². The number of hydrogen-bond donors (Lipinski definition) is 1. The van der Waals surface area contributed by atoms with Crippen molar-refractivity contribution in [2.24, 2.45) is 0 Å². The summed E-state index contributed by atoms with van der Waals surface area (Å²) in [5.41, 5.74) is 6.72. The standard InChI is InChI=1S/C15H18S/c1-8-6-9(2)14-11(4)10(3)12(5)15(16)13(14)7-8/h6-7,16H,1-5H3. The van der Waals surface area contributed by atoms with Crippen LogP contribution in [0.25, 0.3) is 10.8 Å². The molecule has 2 aromatic carbocycles. The van der Waals surface area contributed by atoms with Gasteiger partial charge in [0.1, 0.15) is 0 Å². The van der Waals surface area contributed by atoms with Crippen molar-refractivity contribution in [3.8, 4) is 0 Å². The van der Waals surface area contributed by atoms with Gasteiger partial charge in [-0.05, 0) is 67.6 Å². The first-order valence-corrected chi connectivity index (χ1v) is 6.08. The SMILES string of the molecule is Cc1cc(C)c2c(C)c(C)c(C)c(S)c2c1. The van der Waals surface area contributed by atoms with E-state index in [4.69, 9.17) is 0 Å². The van der Waals surface area contributed by atoms with E-state index in [1.54, 1.807) is 0 Å². The molecule has 0 nitrogen and oxygen atoms in total. The van der Waals surface area contributed by atoms with Crippen LogP contribution in [-0.4, -0.2) is 0 Å². The smallest absolute Gasteiger partial charge is 0.0151 e. The summed E-state index contributed by atoms with van der Waals surface area (Å²) in [6.07, 6.45) is 0. The largest absolute Gasteiger partial charge is 0.143 e. The second kappa shape index (κ2) is 3.81. The third kappa shape index (κ3) is 1.54. The van der Waals surface area contributed by atoms with E-state index in [2.05, 4.69) is 59.4 Å². The van der Waals surface area contributed by atoms with Crippen molar-refractivity contribution in [3.63, 3.8) is 0 Å². The zero-order valence-corrected chi connectivity index (χ0v) is 11.5. The fourth-order valence-electron chi connectivity index (χ4n) is 2.50. The Labute approximate surface area is 103 Å². The van der Waals surface area contributed by atoms with Crippen molar-refractivity contribution in [1.29, 1.82) is 0 Å². The average molecular weight is 230 g/mol. The van der Waals surface area contributed by atoms with Crippen LogP contribution in [0.15, 0.2) is 17.0 Å². The molecule has 0 aliphatic rings. The fourth-order valence-corrected chi connectivity index (χ4v) is 2.84. The van der Waals surface area contributed by atoms with E-state index in [1.807, 2.05) is 0 Å². The molecule has 0 saturated heterocycles. The van der Waals surface area contributed by atoms with Crippen molar-refractivity contribution in [2.45, 2.75) is 39.5 Å². The van der Waals surface area contributed by atoms with Crippen molar-refractivity contribution in [2.75, 3.05) is 0 Å². The molecule has 0 radical (unpaired) electrons. The average Bonchev–Trinajstić information content (AvgIpc) is 2.22. The molecular weight excluding hydrogens is 212 g/mol. The van der Waals surface area contributed by atoms with E-state index in [1.165, 1.54) is 38.6 Å². The number of aryl methyl sites for hydroxylation is 3. The first-order valence-electron chi connectivity index (χ1n) is 5.63. The van der Waals surface area contributed by atoms with E-state index >= 15 is 0 Å². The lowest BCUT2D eigenvalue weighted by atomic mass is 9.92. The Morgan fingerprint density at radius 3 is 2.06 bits per heavy atom. The molecule has 0 aliphatic heterocycles. The molecule has 0 N–H and O–H groups in total. The molecule has 1 heteroatoms. The lowest BCUT2D eigenvalue weighted by Crippen LogP contribution is -1.94. The van der Waals surface area contributed by atoms with Crippen LogP contribution in [0.4, 0.5) is 0 Å². The summed E-state index contributed by atoms with van der Waals surface area (Å²) < 4.78 is 0. The molecule has 2 rings (SSSR count). The monoisotopic (exact) mass is 230 g/mol. The Hall–Kier alpha value is -0.950. The summed E-state index contributed by atoms with van der Waals surface area (Å²) >= 11 is 4.68. The Balaban J connectivity index is 3.08. The Kier molecular flexibility index (Phi) is 2.75. The molecule has 0 heterocycles. The summed E-state index contributed by atoms with van der Waals surface area (Å²) in [6.45, 7) is 10.9. The summed E-state index contributed by atoms with van der Waals surface area (Å²) in [4.78, 5) is 1.13. The molecule has 0 unspecified atom stereocenters. The summed E-state index contributed by atoms with van der Waals surface area (Å²) in [6, 6.07) is 4.49. The van der Waals surface area contributed by atoms with Gasteiger partial charge in [-0.25, -0.2) is 0 Å². The summed E-state index contributed by atoms with van der Waals surface area (Å²) in [7, 11) is 0. The second-order valence-electron chi connectivity index (χ2n) is 4.73. The minimum Gasteiger partial charge on any atom is -0.143 e.